The number of rotatable bonds is 8. The Morgan fingerprint density at radius 3 is 2.50 bits per heavy atom. The first-order valence-corrected chi connectivity index (χ1v) is 18.8. The highest BCUT2D eigenvalue weighted by atomic mass is 19.4. The minimum atomic E-state index is -4.54. The molecule has 4 aliphatic heterocycles. The summed E-state index contributed by atoms with van der Waals surface area (Å²) in [4.78, 5) is 31.6. The van der Waals surface area contributed by atoms with Gasteiger partial charge in [-0.2, -0.15) is 23.3 Å². The van der Waals surface area contributed by atoms with Gasteiger partial charge in [-0.25, -0.2) is 4.98 Å². The Morgan fingerprint density at radius 1 is 1.02 bits per heavy atom. The lowest BCUT2D eigenvalue weighted by molar-refractivity contribution is -0.153. The number of carbonyl (C=O) groups is 1. The number of alkyl halides is 3. The van der Waals surface area contributed by atoms with Crippen molar-refractivity contribution in [3.8, 4) is 16.9 Å². The highest BCUT2D eigenvalue weighted by Gasteiger charge is 2.47. The lowest BCUT2D eigenvalue weighted by Gasteiger charge is -2.54. The van der Waals surface area contributed by atoms with Crippen molar-refractivity contribution >= 4 is 39.5 Å². The molecule has 5 fully saturated rings. The van der Waals surface area contributed by atoms with Gasteiger partial charge >= 0.3 is 6.18 Å². The molecule has 2 aromatic carbocycles. The number of ether oxygens (including phenoxy) is 1. The molecule has 274 valence electrons. The van der Waals surface area contributed by atoms with Gasteiger partial charge in [0, 0.05) is 67.1 Å². The Balaban J connectivity index is 1.20. The number of hydrogen-bond acceptors (Lipinski definition) is 8. The van der Waals surface area contributed by atoms with E-state index in [1.165, 1.54) is 18.9 Å². The van der Waals surface area contributed by atoms with Gasteiger partial charge in [-0.15, -0.1) is 0 Å². The molecule has 0 unspecified atom stereocenters. The van der Waals surface area contributed by atoms with Crippen molar-refractivity contribution in [1.82, 2.24) is 30.0 Å². The van der Waals surface area contributed by atoms with Crippen molar-refractivity contribution in [2.24, 2.45) is 5.41 Å². The van der Waals surface area contributed by atoms with E-state index < -0.39 is 12.8 Å². The zero-order valence-electron chi connectivity index (χ0n) is 29.6. The molecule has 10 nitrogen and oxygen atoms in total. The van der Waals surface area contributed by atoms with Gasteiger partial charge in [0.15, 0.2) is 12.4 Å². The van der Waals surface area contributed by atoms with Crippen LogP contribution < -0.4 is 14.5 Å². The number of benzene rings is 2. The van der Waals surface area contributed by atoms with E-state index in [9.17, 15) is 18.0 Å². The van der Waals surface area contributed by atoms with Crippen LogP contribution >= 0.6 is 0 Å². The summed E-state index contributed by atoms with van der Waals surface area (Å²) < 4.78 is 48.3. The van der Waals surface area contributed by atoms with Gasteiger partial charge in [-0.05, 0) is 106 Å². The second kappa shape index (κ2) is 12.6. The van der Waals surface area contributed by atoms with Gasteiger partial charge in [0.25, 0.3) is 0 Å². The topological polar surface area (TPSA) is 93.7 Å². The largest absolute Gasteiger partial charge is 0.481 e. The van der Waals surface area contributed by atoms with Crippen molar-refractivity contribution in [3.63, 3.8) is 0 Å². The van der Waals surface area contributed by atoms with E-state index in [-0.39, 0.29) is 23.0 Å². The first-order chi connectivity index (χ1) is 25.1. The number of aromatic nitrogens is 4. The van der Waals surface area contributed by atoms with Crippen molar-refractivity contribution < 1.29 is 22.7 Å². The Labute approximate surface area is 301 Å². The van der Waals surface area contributed by atoms with Crippen LogP contribution in [0.15, 0.2) is 37.1 Å². The predicted molar refractivity (Wildman–Crippen MR) is 195 cm³/mol. The summed E-state index contributed by atoms with van der Waals surface area (Å²) in [6, 6.07) is 6.48. The maximum atomic E-state index is 14.1. The number of nitrogens with zero attached hydrogens (tertiary/aromatic N) is 7. The van der Waals surface area contributed by atoms with Gasteiger partial charge in [0.1, 0.15) is 11.3 Å². The van der Waals surface area contributed by atoms with Gasteiger partial charge in [0.05, 0.1) is 11.7 Å². The third-order valence-corrected chi connectivity index (χ3v) is 12.2. The highest BCUT2D eigenvalue weighted by Crippen LogP contribution is 2.53. The lowest BCUT2D eigenvalue weighted by atomic mass is 9.72. The van der Waals surface area contributed by atoms with Crippen LogP contribution in [-0.4, -0.2) is 107 Å². The fraction of sp³-hybridized carbons (Fsp3) is 0.538. The number of halogens is 3. The van der Waals surface area contributed by atoms with Crippen molar-refractivity contribution in [3.05, 3.63) is 48.2 Å². The molecule has 52 heavy (non-hydrogen) atoms. The molecule has 1 amide bonds. The van der Waals surface area contributed by atoms with Crippen LogP contribution in [0.2, 0.25) is 0 Å². The van der Waals surface area contributed by atoms with Crippen molar-refractivity contribution in [2.45, 2.75) is 70.0 Å². The molecule has 4 aromatic rings. The normalized spacial score (nSPS) is 22.2. The Hall–Kier alpha value is -4.39. The number of likely N-dealkylation sites (tertiary alicyclic amines) is 2. The van der Waals surface area contributed by atoms with Crippen LogP contribution in [0, 0.1) is 12.3 Å². The summed E-state index contributed by atoms with van der Waals surface area (Å²) in [5.41, 5.74) is 4.69. The number of aryl methyl sites for hydroxylation is 1. The number of anilines is 2. The zero-order chi connectivity index (χ0) is 35.8. The van der Waals surface area contributed by atoms with Gasteiger partial charge in [-0.3, -0.25) is 14.8 Å². The Kier molecular flexibility index (Phi) is 8.13. The third-order valence-electron chi connectivity index (χ3n) is 12.2. The van der Waals surface area contributed by atoms with E-state index in [0.29, 0.717) is 23.1 Å². The number of fused-ring (bicyclic) bond motifs is 2. The molecule has 0 bridgehead atoms. The van der Waals surface area contributed by atoms with E-state index in [2.05, 4.69) is 37.5 Å². The molecule has 1 aliphatic carbocycles. The molecule has 13 heteroatoms. The van der Waals surface area contributed by atoms with Gasteiger partial charge in [0.2, 0.25) is 11.9 Å². The third kappa shape index (κ3) is 5.94. The van der Waals surface area contributed by atoms with Crippen LogP contribution in [0.3, 0.4) is 0 Å². The summed E-state index contributed by atoms with van der Waals surface area (Å²) in [7, 11) is 0. The molecule has 9 rings (SSSR count). The minimum absolute atomic E-state index is 0.0338. The van der Waals surface area contributed by atoms with Crippen LogP contribution in [0.25, 0.3) is 32.9 Å². The summed E-state index contributed by atoms with van der Waals surface area (Å²) in [5.74, 6) is 1.61. The van der Waals surface area contributed by atoms with E-state index in [1.54, 1.807) is 6.20 Å². The second-order valence-corrected chi connectivity index (χ2v) is 15.7. The monoisotopic (exact) mass is 714 g/mol. The lowest BCUT2D eigenvalue weighted by Crippen LogP contribution is -2.61. The van der Waals surface area contributed by atoms with E-state index >= 15 is 0 Å². The van der Waals surface area contributed by atoms with E-state index in [4.69, 9.17) is 14.7 Å². The number of nitrogens with one attached hydrogen (secondary N) is 1. The number of hydrogen-bond donors (Lipinski definition) is 1. The standard InChI is InChI=1S/C39H45F3N8O2/c1-3-31(51)50-21-38(22-50)11-16-48(17-12-38)36-28-18-27(25-7-8-25)33(32-24(2)6-9-30-29(32)19-43-46-30)35(52-23-39(40,41)42)34(28)44-37(45-36)49-15-10-26(20-49)47-13-4-5-14-47/h3,6,9,18-19,25-26H,1,4-5,7-8,10-17,20-23H2,2H3,(H,43,46)/t26-/m1/s1. The molecular formula is C39H45F3N8O2. The summed E-state index contributed by atoms with van der Waals surface area (Å²) in [6.45, 7) is 10.8. The van der Waals surface area contributed by atoms with E-state index in [0.717, 1.165) is 123 Å². The second-order valence-electron chi connectivity index (χ2n) is 15.7. The van der Waals surface area contributed by atoms with Crippen molar-refractivity contribution in [1.29, 1.82) is 0 Å². The van der Waals surface area contributed by atoms with Gasteiger partial charge in [-0.1, -0.05) is 12.6 Å². The summed E-state index contributed by atoms with van der Waals surface area (Å²) >= 11 is 0. The summed E-state index contributed by atoms with van der Waals surface area (Å²) in [5, 5.41) is 8.92. The smallest absolute Gasteiger partial charge is 0.422 e. The molecular weight excluding hydrogens is 669 g/mol. The van der Waals surface area contributed by atoms with Crippen LogP contribution in [0.1, 0.15) is 62.0 Å². The van der Waals surface area contributed by atoms with Crippen LogP contribution in [0.4, 0.5) is 24.9 Å². The number of piperidine rings is 1. The SMILES string of the molecule is C=CC(=O)N1CC2(CCN(c3nc(N4CC[C@@H](N5CCCC5)C4)nc4c(OCC(F)(F)F)c(-c5c(C)ccc6[nH]ncc56)c(C5CC5)cc34)CC2)C1. The molecule has 6 heterocycles. The molecule has 4 saturated heterocycles. The Morgan fingerprint density at radius 2 is 1.79 bits per heavy atom. The number of amides is 1. The average molecular weight is 715 g/mol. The molecule has 1 spiro atoms. The fourth-order valence-electron chi connectivity index (χ4n) is 9.22. The molecule has 1 N–H and O–H groups in total. The average Bonchev–Trinajstić information content (AvgIpc) is 3.47. The quantitative estimate of drug-likeness (QED) is 0.205. The molecule has 1 atom stereocenters. The first-order valence-electron chi connectivity index (χ1n) is 18.8. The maximum Gasteiger partial charge on any atom is 0.422 e. The molecule has 0 radical (unpaired) electrons. The fourth-order valence-corrected chi connectivity index (χ4v) is 9.22. The molecule has 1 saturated carbocycles. The van der Waals surface area contributed by atoms with Crippen LogP contribution in [0.5, 0.6) is 5.75 Å². The molecule has 2 aromatic heterocycles. The maximum absolute atomic E-state index is 14.1. The highest BCUT2D eigenvalue weighted by molar-refractivity contribution is 6.06. The van der Waals surface area contributed by atoms with Crippen LogP contribution in [-0.2, 0) is 4.79 Å². The Bertz CT molecular complexity index is 2040. The minimum Gasteiger partial charge on any atom is -0.481 e. The van der Waals surface area contributed by atoms with Gasteiger partial charge < -0.3 is 19.4 Å². The number of carbonyl (C=O) groups excluding carboxylic acids is 1. The van der Waals surface area contributed by atoms with E-state index in [1.807, 2.05) is 24.0 Å². The number of H-pyrrole nitrogens is 1. The summed E-state index contributed by atoms with van der Waals surface area (Å²) in [6.07, 6.45) is 5.67. The predicted octanol–water partition coefficient (Wildman–Crippen LogP) is 6.59. The zero-order valence-corrected chi connectivity index (χ0v) is 29.6. The molecule has 5 aliphatic rings. The number of aromatic amines is 1. The first kappa shape index (κ1) is 33.4. The van der Waals surface area contributed by atoms with Crippen molar-refractivity contribution in [2.75, 3.05) is 68.8 Å².